The first-order valence-corrected chi connectivity index (χ1v) is 11.0. The number of carbonyl (C=O) groups is 1. The van der Waals surface area contributed by atoms with E-state index in [1.54, 1.807) is 10.6 Å². The topological polar surface area (TPSA) is 110 Å². The van der Waals surface area contributed by atoms with Gasteiger partial charge < -0.3 is 18.5 Å². The second-order valence-corrected chi connectivity index (χ2v) is 8.26. The zero-order valence-electron chi connectivity index (χ0n) is 18.9. The first-order valence-electron chi connectivity index (χ1n) is 11.0. The van der Waals surface area contributed by atoms with Crippen LogP contribution in [-0.2, 0) is 22.6 Å². The summed E-state index contributed by atoms with van der Waals surface area (Å²) in [6, 6.07) is 10.6. The van der Waals surface area contributed by atoms with Crippen molar-refractivity contribution >= 4 is 17.1 Å². The standard InChI is InChI=1S/C24H24N4O6/c1-15-6-3-4-8-18(15)28-21-20(22(29)27(24(28)31)13-16-7-5-11-33-16)26(14-25-21)12-17-9-10-19(34-17)23(30)32-2/h3-4,6,8-10,14,16H,5,7,11-13H2,1-2H3/t16-/m1/s1. The fourth-order valence-corrected chi connectivity index (χ4v) is 4.33. The SMILES string of the molecule is COC(=O)c1ccc(Cn2cnc3c2c(=O)n(C[C@H]2CCCO2)c(=O)n3-c2ccccc2C)o1. The third kappa shape index (κ3) is 3.75. The van der Waals surface area contributed by atoms with E-state index in [0.717, 1.165) is 18.4 Å². The van der Waals surface area contributed by atoms with E-state index < -0.39 is 17.2 Å². The summed E-state index contributed by atoms with van der Waals surface area (Å²) < 4.78 is 20.3. The van der Waals surface area contributed by atoms with E-state index in [9.17, 15) is 14.4 Å². The Morgan fingerprint density at radius 2 is 2.03 bits per heavy atom. The first-order chi connectivity index (χ1) is 16.5. The number of benzene rings is 1. The summed E-state index contributed by atoms with van der Waals surface area (Å²) in [5, 5.41) is 0. The number of aryl methyl sites for hydroxylation is 1. The number of furan rings is 1. The summed E-state index contributed by atoms with van der Waals surface area (Å²) >= 11 is 0. The first kappa shape index (κ1) is 21.9. The van der Waals surface area contributed by atoms with E-state index >= 15 is 0 Å². The predicted octanol–water partition coefficient (Wildman–Crippen LogP) is 2.26. The average Bonchev–Trinajstić information content (AvgIpc) is 3.59. The monoisotopic (exact) mass is 464 g/mol. The molecule has 1 atom stereocenters. The van der Waals surface area contributed by atoms with Crippen molar-refractivity contribution in [3.05, 3.63) is 80.6 Å². The van der Waals surface area contributed by atoms with Crippen LogP contribution in [-0.4, -0.2) is 44.5 Å². The highest BCUT2D eigenvalue weighted by atomic mass is 16.5. The quantitative estimate of drug-likeness (QED) is 0.403. The minimum absolute atomic E-state index is 0.0644. The second kappa shape index (κ2) is 8.79. The van der Waals surface area contributed by atoms with Gasteiger partial charge in [-0.15, -0.1) is 0 Å². The van der Waals surface area contributed by atoms with Crippen molar-refractivity contribution in [1.29, 1.82) is 0 Å². The van der Waals surface area contributed by atoms with Crippen molar-refractivity contribution in [1.82, 2.24) is 18.7 Å². The molecule has 0 aliphatic carbocycles. The van der Waals surface area contributed by atoms with Crippen molar-refractivity contribution in [2.24, 2.45) is 0 Å². The molecule has 3 aromatic heterocycles. The van der Waals surface area contributed by atoms with Crippen LogP contribution in [0.3, 0.4) is 0 Å². The van der Waals surface area contributed by atoms with E-state index in [4.69, 9.17) is 9.15 Å². The Morgan fingerprint density at radius 1 is 1.21 bits per heavy atom. The van der Waals surface area contributed by atoms with Crippen LogP contribution in [0, 0.1) is 6.92 Å². The maximum atomic E-state index is 13.6. The molecule has 5 rings (SSSR count). The fourth-order valence-electron chi connectivity index (χ4n) is 4.33. The molecular weight excluding hydrogens is 440 g/mol. The summed E-state index contributed by atoms with van der Waals surface area (Å²) in [6.45, 7) is 2.83. The minimum Gasteiger partial charge on any atom is -0.463 e. The molecule has 0 bridgehead atoms. The second-order valence-electron chi connectivity index (χ2n) is 8.26. The van der Waals surface area contributed by atoms with E-state index in [0.29, 0.717) is 18.1 Å². The van der Waals surface area contributed by atoms with Crippen molar-refractivity contribution < 1.29 is 18.7 Å². The van der Waals surface area contributed by atoms with E-state index in [1.807, 2.05) is 31.2 Å². The number of nitrogens with zero attached hydrogens (tertiary/aromatic N) is 4. The molecule has 10 heteroatoms. The van der Waals surface area contributed by atoms with Crippen LogP contribution in [0.4, 0.5) is 0 Å². The maximum absolute atomic E-state index is 13.6. The highest BCUT2D eigenvalue weighted by Crippen LogP contribution is 2.19. The van der Waals surface area contributed by atoms with Gasteiger partial charge in [0, 0.05) is 6.61 Å². The number of para-hydroxylation sites is 1. The summed E-state index contributed by atoms with van der Waals surface area (Å²) in [7, 11) is 1.27. The van der Waals surface area contributed by atoms with Crippen LogP contribution in [0.5, 0.6) is 0 Å². The van der Waals surface area contributed by atoms with Gasteiger partial charge in [0.05, 0.1) is 38.3 Å². The van der Waals surface area contributed by atoms with Crippen LogP contribution >= 0.6 is 0 Å². The Hall–Kier alpha value is -3.92. The molecule has 1 saturated heterocycles. The largest absolute Gasteiger partial charge is 0.463 e. The Kier molecular flexibility index (Phi) is 5.66. The molecular formula is C24H24N4O6. The van der Waals surface area contributed by atoms with Gasteiger partial charge in [0.25, 0.3) is 5.56 Å². The van der Waals surface area contributed by atoms with Gasteiger partial charge in [-0.3, -0.25) is 9.36 Å². The predicted molar refractivity (Wildman–Crippen MR) is 122 cm³/mol. The van der Waals surface area contributed by atoms with Crippen LogP contribution in [0.15, 0.2) is 56.7 Å². The number of hydrogen-bond donors (Lipinski definition) is 0. The van der Waals surface area contributed by atoms with Crippen molar-refractivity contribution in [2.75, 3.05) is 13.7 Å². The lowest BCUT2D eigenvalue weighted by molar-refractivity contribution is 0.0563. The number of hydrogen-bond acceptors (Lipinski definition) is 7. The zero-order valence-corrected chi connectivity index (χ0v) is 18.9. The molecule has 1 aliphatic heterocycles. The highest BCUT2D eigenvalue weighted by molar-refractivity contribution is 5.86. The highest BCUT2D eigenvalue weighted by Gasteiger charge is 2.24. The molecule has 10 nitrogen and oxygen atoms in total. The third-order valence-corrected chi connectivity index (χ3v) is 6.04. The van der Waals surface area contributed by atoms with E-state index in [2.05, 4.69) is 9.72 Å². The fraction of sp³-hybridized carbons (Fsp3) is 0.333. The molecule has 0 N–H and O–H groups in total. The Morgan fingerprint density at radius 3 is 2.76 bits per heavy atom. The van der Waals surface area contributed by atoms with Gasteiger partial charge in [0.2, 0.25) is 5.76 Å². The summed E-state index contributed by atoms with van der Waals surface area (Å²) in [5.41, 5.74) is 1.13. The number of carbonyl (C=O) groups excluding carboxylic acids is 1. The summed E-state index contributed by atoms with van der Waals surface area (Å²) in [6.07, 6.45) is 2.98. The molecule has 0 saturated carbocycles. The Bertz CT molecular complexity index is 1490. The molecule has 34 heavy (non-hydrogen) atoms. The molecule has 4 heterocycles. The summed E-state index contributed by atoms with van der Waals surface area (Å²) in [4.78, 5) is 43.3. The minimum atomic E-state index is -0.589. The van der Waals surface area contributed by atoms with Gasteiger partial charge in [-0.2, -0.15) is 0 Å². The van der Waals surface area contributed by atoms with Crippen LogP contribution in [0.25, 0.3) is 16.9 Å². The van der Waals surface area contributed by atoms with Gasteiger partial charge in [-0.05, 0) is 43.5 Å². The third-order valence-electron chi connectivity index (χ3n) is 6.04. The number of esters is 1. The smallest absolute Gasteiger partial charge is 0.373 e. The lowest BCUT2D eigenvalue weighted by Crippen LogP contribution is -2.42. The zero-order chi connectivity index (χ0) is 23.8. The maximum Gasteiger partial charge on any atom is 0.373 e. The number of aromatic nitrogens is 4. The van der Waals surface area contributed by atoms with Crippen molar-refractivity contribution in [2.45, 2.75) is 39.0 Å². The number of methoxy groups -OCH3 is 1. The number of imidazole rings is 1. The average molecular weight is 464 g/mol. The normalized spacial score (nSPS) is 15.8. The lowest BCUT2D eigenvalue weighted by Gasteiger charge is -2.16. The Labute approximate surface area is 194 Å². The number of fused-ring (bicyclic) bond motifs is 1. The lowest BCUT2D eigenvalue weighted by atomic mass is 10.2. The van der Waals surface area contributed by atoms with Gasteiger partial charge in [0.15, 0.2) is 11.2 Å². The molecule has 1 aromatic carbocycles. The molecule has 4 aromatic rings. The van der Waals surface area contributed by atoms with E-state index in [1.165, 1.54) is 28.6 Å². The molecule has 0 unspecified atom stereocenters. The number of ether oxygens (including phenoxy) is 2. The summed E-state index contributed by atoms with van der Waals surface area (Å²) in [5.74, 6) is -0.0815. The molecule has 0 amide bonds. The Balaban J connectivity index is 1.68. The molecule has 0 spiro atoms. The molecule has 176 valence electrons. The van der Waals surface area contributed by atoms with E-state index in [-0.39, 0.29) is 36.1 Å². The van der Waals surface area contributed by atoms with Crippen LogP contribution < -0.4 is 11.2 Å². The molecule has 1 fully saturated rings. The van der Waals surface area contributed by atoms with Crippen LogP contribution in [0.1, 0.15) is 34.7 Å². The van der Waals surface area contributed by atoms with Crippen molar-refractivity contribution in [3.63, 3.8) is 0 Å². The van der Waals surface area contributed by atoms with Gasteiger partial charge in [-0.25, -0.2) is 19.1 Å². The molecule has 1 aliphatic rings. The van der Waals surface area contributed by atoms with Gasteiger partial charge in [-0.1, -0.05) is 18.2 Å². The van der Waals surface area contributed by atoms with Crippen molar-refractivity contribution in [3.8, 4) is 5.69 Å². The molecule has 0 radical (unpaired) electrons. The van der Waals surface area contributed by atoms with Crippen LogP contribution in [0.2, 0.25) is 0 Å². The van der Waals surface area contributed by atoms with Gasteiger partial charge >= 0.3 is 11.7 Å². The number of rotatable bonds is 6. The van der Waals surface area contributed by atoms with Gasteiger partial charge in [0.1, 0.15) is 5.76 Å².